The highest BCUT2D eigenvalue weighted by atomic mass is 17.2. The Kier molecular flexibility index (Phi) is 1.95. The lowest BCUT2D eigenvalue weighted by atomic mass is 9.25. The maximum atomic E-state index is 4.93. The highest BCUT2D eigenvalue weighted by Gasteiger charge is 2.41. The average Bonchev–Trinajstić information content (AvgIpc) is 2.59. The molecular formula is C4H8B2O4. The van der Waals surface area contributed by atoms with E-state index < -0.39 is 0 Å². The summed E-state index contributed by atoms with van der Waals surface area (Å²) in [5, 5.41) is 0. The van der Waals surface area contributed by atoms with E-state index in [1.807, 2.05) is 0 Å². The van der Waals surface area contributed by atoms with Crippen LogP contribution in [-0.2, 0) is 19.4 Å². The Morgan fingerprint density at radius 3 is 1.60 bits per heavy atom. The van der Waals surface area contributed by atoms with Gasteiger partial charge in [0.05, 0.1) is 13.2 Å². The van der Waals surface area contributed by atoms with E-state index >= 15 is 0 Å². The van der Waals surface area contributed by atoms with Crippen LogP contribution in [0.3, 0.4) is 0 Å². The predicted molar refractivity (Wildman–Crippen MR) is 35.2 cm³/mol. The molecule has 0 unspecified atom stereocenters. The van der Waals surface area contributed by atoms with Gasteiger partial charge in [0.2, 0.25) is 0 Å². The normalized spacial score (nSPS) is 26.4. The minimum Gasteiger partial charge on any atom is -0.311 e. The van der Waals surface area contributed by atoms with Gasteiger partial charge >= 0.3 is 13.6 Å². The van der Waals surface area contributed by atoms with Crippen molar-refractivity contribution >= 4 is 13.6 Å². The third-order valence-electron chi connectivity index (χ3n) is 1.77. The van der Waals surface area contributed by atoms with E-state index in [0.29, 0.717) is 13.2 Å². The van der Waals surface area contributed by atoms with Gasteiger partial charge in [-0.2, -0.15) is 0 Å². The molecule has 0 saturated carbocycles. The summed E-state index contributed by atoms with van der Waals surface area (Å²) in [6.07, 6.45) is 1.82. The molecule has 6 heteroatoms. The molecule has 0 atom stereocenters. The van der Waals surface area contributed by atoms with Crippen LogP contribution >= 0.6 is 0 Å². The predicted octanol–water partition coefficient (Wildman–Crippen LogP) is -0.0286. The van der Waals surface area contributed by atoms with Gasteiger partial charge in [0.1, 0.15) is 0 Å². The molecule has 0 spiro atoms. The monoisotopic (exact) mass is 142 g/mol. The fraction of sp³-hybridized carbons (Fsp3) is 1.00. The second kappa shape index (κ2) is 2.92. The summed E-state index contributed by atoms with van der Waals surface area (Å²) in [7, 11) is 0. The second-order valence-corrected chi connectivity index (χ2v) is 2.49. The molecular weight excluding hydrogens is 134 g/mol. The van der Waals surface area contributed by atoms with Crippen molar-refractivity contribution in [1.29, 1.82) is 0 Å². The molecule has 0 bridgehead atoms. The van der Waals surface area contributed by atoms with E-state index in [1.165, 1.54) is 0 Å². The molecule has 2 rings (SSSR count). The molecule has 0 aromatic rings. The van der Waals surface area contributed by atoms with Gasteiger partial charge in [0.25, 0.3) is 0 Å². The Bertz CT molecular complexity index is 95.8. The van der Waals surface area contributed by atoms with Crippen LogP contribution in [0.25, 0.3) is 0 Å². The first-order chi connectivity index (χ1) is 4.97. The van der Waals surface area contributed by atoms with Crippen molar-refractivity contribution in [3.63, 3.8) is 0 Å². The summed E-state index contributed by atoms with van der Waals surface area (Å²) in [5.41, 5.74) is 0. The molecule has 2 heterocycles. The molecule has 0 N–H and O–H groups in total. The van der Waals surface area contributed by atoms with E-state index in [4.69, 9.17) is 19.4 Å². The van der Waals surface area contributed by atoms with E-state index in [2.05, 4.69) is 0 Å². The van der Waals surface area contributed by atoms with Crippen molar-refractivity contribution < 1.29 is 19.4 Å². The van der Waals surface area contributed by atoms with Crippen LogP contribution in [0.2, 0.25) is 12.6 Å². The van der Waals surface area contributed by atoms with E-state index in [1.54, 1.807) is 0 Å². The van der Waals surface area contributed by atoms with Crippen molar-refractivity contribution in [2.24, 2.45) is 0 Å². The molecule has 2 fully saturated rings. The summed E-state index contributed by atoms with van der Waals surface area (Å²) >= 11 is 0. The summed E-state index contributed by atoms with van der Waals surface area (Å²) in [6.45, 7) is 1.51. The molecule has 4 nitrogen and oxygen atoms in total. The lowest BCUT2D eigenvalue weighted by molar-refractivity contribution is -0.193. The molecule has 2 aliphatic heterocycles. The molecule has 10 heavy (non-hydrogen) atoms. The number of hydrogen-bond donors (Lipinski definition) is 0. The van der Waals surface area contributed by atoms with Crippen LogP contribution in [0.4, 0.5) is 0 Å². The van der Waals surface area contributed by atoms with Crippen LogP contribution < -0.4 is 0 Å². The van der Waals surface area contributed by atoms with Crippen molar-refractivity contribution in [1.82, 2.24) is 0 Å². The van der Waals surface area contributed by atoms with Crippen LogP contribution in [0.15, 0.2) is 0 Å². The lowest BCUT2D eigenvalue weighted by Crippen LogP contribution is -2.34. The van der Waals surface area contributed by atoms with Gasteiger partial charge in [0, 0.05) is 0 Å². The second-order valence-electron chi connectivity index (χ2n) is 2.49. The summed E-state index contributed by atoms with van der Waals surface area (Å²) in [5.74, 6) is 0. The summed E-state index contributed by atoms with van der Waals surface area (Å²) < 4.78 is 0. The molecule has 2 aliphatic rings. The Balaban J connectivity index is 1.85. The molecule has 54 valence electrons. The smallest absolute Gasteiger partial charge is 0.311 e. The van der Waals surface area contributed by atoms with Gasteiger partial charge in [-0.3, -0.25) is 9.78 Å². The van der Waals surface area contributed by atoms with E-state index in [9.17, 15) is 0 Å². The average molecular weight is 142 g/mol. The Morgan fingerprint density at radius 2 is 1.30 bits per heavy atom. The van der Waals surface area contributed by atoms with Gasteiger partial charge < -0.3 is 9.61 Å². The first-order valence-corrected chi connectivity index (χ1v) is 3.53. The van der Waals surface area contributed by atoms with Crippen LogP contribution in [-0.4, -0.2) is 26.8 Å². The molecule has 0 aromatic heterocycles. The zero-order valence-corrected chi connectivity index (χ0v) is 5.62. The van der Waals surface area contributed by atoms with Gasteiger partial charge in [-0.25, -0.2) is 0 Å². The highest BCUT2D eigenvalue weighted by molar-refractivity contribution is 7.16. The van der Waals surface area contributed by atoms with Gasteiger partial charge in [-0.15, -0.1) is 0 Å². The number of hydrogen-bond acceptors (Lipinski definition) is 4. The topological polar surface area (TPSA) is 36.9 Å². The Morgan fingerprint density at radius 1 is 0.800 bits per heavy atom. The Labute approximate surface area is 59.8 Å². The fourth-order valence-corrected chi connectivity index (χ4v) is 1.19. The lowest BCUT2D eigenvalue weighted by Gasteiger charge is -2.02. The van der Waals surface area contributed by atoms with E-state index in [0.717, 1.165) is 12.6 Å². The highest BCUT2D eigenvalue weighted by Crippen LogP contribution is 2.16. The third-order valence-corrected chi connectivity index (χ3v) is 1.77. The minimum atomic E-state index is 0.0856. The first kappa shape index (κ1) is 6.67. The first-order valence-electron chi connectivity index (χ1n) is 3.53. The molecule has 2 saturated heterocycles. The quantitative estimate of drug-likeness (QED) is 0.380. The van der Waals surface area contributed by atoms with Crippen molar-refractivity contribution in [2.75, 3.05) is 13.2 Å². The minimum absolute atomic E-state index is 0.0856. The largest absolute Gasteiger partial charge is 0.346 e. The van der Waals surface area contributed by atoms with Gasteiger partial charge in [-0.05, 0) is 12.6 Å². The van der Waals surface area contributed by atoms with Crippen molar-refractivity contribution in [3.05, 3.63) is 0 Å². The van der Waals surface area contributed by atoms with Crippen molar-refractivity contribution in [2.45, 2.75) is 12.6 Å². The summed E-state index contributed by atoms with van der Waals surface area (Å²) in [6, 6.07) is 0. The molecule has 0 aromatic carbocycles. The zero-order chi connectivity index (χ0) is 6.81. The van der Waals surface area contributed by atoms with E-state index in [-0.39, 0.29) is 13.6 Å². The zero-order valence-electron chi connectivity index (χ0n) is 5.62. The van der Waals surface area contributed by atoms with Crippen LogP contribution in [0.1, 0.15) is 0 Å². The molecule has 0 aliphatic carbocycles. The third kappa shape index (κ3) is 1.20. The maximum absolute atomic E-state index is 4.93. The molecule has 0 radical (unpaired) electrons. The number of rotatable bonds is 1. The Hall–Kier alpha value is -0.0301. The maximum Gasteiger partial charge on any atom is 0.346 e. The van der Waals surface area contributed by atoms with Gasteiger partial charge in [-0.1, -0.05) is 0 Å². The fourth-order valence-electron chi connectivity index (χ4n) is 1.19. The van der Waals surface area contributed by atoms with Crippen LogP contribution in [0.5, 0.6) is 0 Å². The standard InChI is InChI=1S/C4H8B2O4/c1-3-7-9-5(1)6-2-4-8-10-6/h1-4H2. The van der Waals surface area contributed by atoms with Gasteiger partial charge in [0.15, 0.2) is 0 Å². The molecule has 0 amide bonds. The summed E-state index contributed by atoms with van der Waals surface area (Å²) in [4.78, 5) is 19.3. The van der Waals surface area contributed by atoms with Crippen molar-refractivity contribution in [3.8, 4) is 0 Å². The van der Waals surface area contributed by atoms with Crippen LogP contribution in [0, 0.1) is 0 Å². The SMILES string of the molecule is C1CB(B2CCOO2)OO1.